The minimum atomic E-state index is -0.995. The van der Waals surface area contributed by atoms with Crippen LogP contribution < -0.4 is 5.32 Å². The molecule has 6 heteroatoms. The van der Waals surface area contributed by atoms with Crippen LogP contribution in [0.5, 0.6) is 0 Å². The van der Waals surface area contributed by atoms with Crippen LogP contribution >= 0.6 is 23.4 Å². The Morgan fingerprint density at radius 2 is 1.77 bits per heavy atom. The Balaban J connectivity index is 2.01. The first-order valence-corrected chi connectivity index (χ1v) is 9.28. The zero-order valence-electron chi connectivity index (χ0n) is 13.6. The Kier molecular flexibility index (Phi) is 5.63. The Labute approximate surface area is 161 Å². The smallest absolute Gasteiger partial charge is 0.243 e. The van der Waals surface area contributed by atoms with E-state index in [1.54, 1.807) is 24.3 Å². The van der Waals surface area contributed by atoms with Crippen molar-refractivity contribution in [3.05, 3.63) is 81.3 Å². The van der Waals surface area contributed by atoms with Crippen LogP contribution in [-0.2, 0) is 10.5 Å². The molecule has 0 saturated heterocycles. The van der Waals surface area contributed by atoms with E-state index in [9.17, 15) is 15.3 Å². The number of hydrogen-bond acceptors (Lipinski definition) is 4. The lowest BCUT2D eigenvalue weighted by Gasteiger charge is -2.29. The van der Waals surface area contributed by atoms with Crippen LogP contribution in [0.3, 0.4) is 0 Å². The molecular formula is C20H14ClN3OS. The molecule has 0 radical (unpaired) electrons. The van der Waals surface area contributed by atoms with Crippen LogP contribution in [0, 0.1) is 28.6 Å². The minimum absolute atomic E-state index is 0.366. The molecule has 1 aliphatic rings. The molecule has 1 N–H and O–H groups in total. The Morgan fingerprint density at radius 1 is 1.08 bits per heavy atom. The highest BCUT2D eigenvalue weighted by Gasteiger charge is 2.40. The van der Waals surface area contributed by atoms with Gasteiger partial charge in [-0.1, -0.05) is 60.1 Å². The van der Waals surface area contributed by atoms with E-state index in [4.69, 9.17) is 11.6 Å². The highest BCUT2D eigenvalue weighted by Crippen LogP contribution is 2.42. The summed E-state index contributed by atoms with van der Waals surface area (Å²) in [4.78, 5) is 12.5. The first kappa shape index (κ1) is 18.1. The number of halogens is 1. The molecule has 0 spiro atoms. The molecule has 3 rings (SSSR count). The van der Waals surface area contributed by atoms with Crippen LogP contribution in [0.25, 0.3) is 0 Å². The van der Waals surface area contributed by atoms with Gasteiger partial charge in [0.05, 0.1) is 22.7 Å². The fourth-order valence-corrected chi connectivity index (χ4v) is 4.13. The number of nitrogens with zero attached hydrogens (tertiary/aromatic N) is 2. The van der Waals surface area contributed by atoms with Gasteiger partial charge in [0.1, 0.15) is 5.92 Å². The van der Waals surface area contributed by atoms with Gasteiger partial charge in [-0.05, 0) is 17.2 Å². The van der Waals surface area contributed by atoms with Gasteiger partial charge in [0.25, 0.3) is 0 Å². The third-order valence-corrected chi connectivity index (χ3v) is 5.57. The molecule has 0 fully saturated rings. The van der Waals surface area contributed by atoms with E-state index in [1.165, 1.54) is 11.8 Å². The van der Waals surface area contributed by atoms with Gasteiger partial charge in [-0.3, -0.25) is 4.79 Å². The van der Waals surface area contributed by atoms with Gasteiger partial charge in [-0.15, -0.1) is 11.8 Å². The molecular weight excluding hydrogens is 366 g/mol. The van der Waals surface area contributed by atoms with Crippen LogP contribution in [0.4, 0.5) is 0 Å². The summed E-state index contributed by atoms with van der Waals surface area (Å²) >= 11 is 7.67. The summed E-state index contributed by atoms with van der Waals surface area (Å²) in [6.07, 6.45) is 0. The molecule has 2 aromatic carbocycles. The minimum Gasteiger partial charge on any atom is -0.319 e. The predicted octanol–water partition coefficient (Wildman–Crippen LogP) is 4.36. The summed E-state index contributed by atoms with van der Waals surface area (Å²) in [7, 11) is 0. The number of allylic oxidation sites excluding steroid dienone is 1. The van der Waals surface area contributed by atoms with Gasteiger partial charge >= 0.3 is 0 Å². The van der Waals surface area contributed by atoms with Gasteiger partial charge in [0.15, 0.2) is 0 Å². The number of nitriles is 2. The van der Waals surface area contributed by atoms with E-state index < -0.39 is 17.7 Å². The summed E-state index contributed by atoms with van der Waals surface area (Å²) < 4.78 is 0. The Morgan fingerprint density at radius 3 is 2.42 bits per heavy atom. The van der Waals surface area contributed by atoms with Gasteiger partial charge < -0.3 is 5.32 Å². The monoisotopic (exact) mass is 379 g/mol. The fraction of sp³-hybridized carbons (Fsp3) is 0.150. The molecule has 0 bridgehead atoms. The van der Waals surface area contributed by atoms with Crippen molar-refractivity contribution in [3.63, 3.8) is 0 Å². The number of nitrogens with one attached hydrogen (secondary N) is 1. The van der Waals surface area contributed by atoms with Crippen molar-refractivity contribution in [1.29, 1.82) is 10.5 Å². The maximum absolute atomic E-state index is 12.5. The standard InChI is InChI=1S/C20H14ClN3OS/c21-17-9-5-4-8-14(17)18-15(10-22)19(25)24-20(16(18)11-23)26-12-13-6-2-1-3-7-13/h1-9,15,18H,12H2,(H,24,25)/t15-,18-/m1/s1. The molecule has 1 aliphatic heterocycles. The number of carbonyl (C=O) groups is 1. The van der Waals surface area contributed by atoms with Crippen molar-refractivity contribution in [2.45, 2.75) is 11.7 Å². The number of rotatable bonds is 4. The number of amides is 1. The van der Waals surface area contributed by atoms with Crippen molar-refractivity contribution in [2.24, 2.45) is 5.92 Å². The first-order valence-electron chi connectivity index (χ1n) is 7.91. The third kappa shape index (κ3) is 3.60. The fourth-order valence-electron chi connectivity index (χ4n) is 2.88. The highest BCUT2D eigenvalue weighted by atomic mass is 35.5. The van der Waals surface area contributed by atoms with Crippen LogP contribution in [-0.4, -0.2) is 5.91 Å². The van der Waals surface area contributed by atoms with Crippen molar-refractivity contribution >= 4 is 29.3 Å². The molecule has 2 atom stereocenters. The predicted molar refractivity (Wildman–Crippen MR) is 102 cm³/mol. The van der Waals surface area contributed by atoms with Crippen LogP contribution in [0.2, 0.25) is 5.02 Å². The van der Waals surface area contributed by atoms with Gasteiger partial charge in [-0.2, -0.15) is 10.5 Å². The number of hydrogen-bond donors (Lipinski definition) is 1. The quantitative estimate of drug-likeness (QED) is 0.856. The molecule has 128 valence electrons. The van der Waals surface area contributed by atoms with Crippen molar-refractivity contribution in [3.8, 4) is 12.1 Å². The summed E-state index contributed by atoms with van der Waals surface area (Å²) in [5.41, 5.74) is 2.06. The van der Waals surface area contributed by atoms with E-state index >= 15 is 0 Å². The summed E-state index contributed by atoms with van der Waals surface area (Å²) in [6.45, 7) is 0. The Hall–Kier alpha value is -2.73. The van der Waals surface area contributed by atoms with E-state index in [2.05, 4.69) is 11.4 Å². The maximum Gasteiger partial charge on any atom is 0.243 e. The molecule has 0 unspecified atom stereocenters. The molecule has 0 aliphatic carbocycles. The molecule has 0 saturated carbocycles. The summed E-state index contributed by atoms with van der Waals surface area (Å²) in [5.74, 6) is -1.47. The molecule has 26 heavy (non-hydrogen) atoms. The summed E-state index contributed by atoms with van der Waals surface area (Å²) in [6, 6.07) is 21.0. The van der Waals surface area contributed by atoms with Crippen molar-refractivity contribution in [2.75, 3.05) is 0 Å². The van der Waals surface area contributed by atoms with E-state index in [0.29, 0.717) is 26.9 Å². The lowest BCUT2D eigenvalue weighted by molar-refractivity contribution is -0.123. The maximum atomic E-state index is 12.5. The van der Waals surface area contributed by atoms with Crippen LogP contribution in [0.15, 0.2) is 65.2 Å². The number of thioether (sulfide) groups is 1. The van der Waals surface area contributed by atoms with Gasteiger partial charge in [0.2, 0.25) is 5.91 Å². The van der Waals surface area contributed by atoms with Crippen LogP contribution in [0.1, 0.15) is 17.0 Å². The normalized spacial score (nSPS) is 19.4. The zero-order chi connectivity index (χ0) is 18.5. The average molecular weight is 380 g/mol. The van der Waals surface area contributed by atoms with Crippen molar-refractivity contribution < 1.29 is 4.79 Å². The van der Waals surface area contributed by atoms with Gasteiger partial charge in [0, 0.05) is 16.7 Å². The molecule has 2 aromatic rings. The second-order valence-corrected chi connectivity index (χ2v) is 7.12. The van der Waals surface area contributed by atoms with Crippen molar-refractivity contribution in [1.82, 2.24) is 5.32 Å². The Bertz CT molecular complexity index is 944. The molecule has 4 nitrogen and oxygen atoms in total. The largest absolute Gasteiger partial charge is 0.319 e. The second-order valence-electron chi connectivity index (χ2n) is 5.72. The molecule has 0 aromatic heterocycles. The topological polar surface area (TPSA) is 76.7 Å². The van der Waals surface area contributed by atoms with E-state index in [-0.39, 0.29) is 0 Å². The third-order valence-electron chi connectivity index (χ3n) is 4.13. The second kappa shape index (κ2) is 8.10. The van der Waals surface area contributed by atoms with E-state index in [0.717, 1.165) is 5.56 Å². The lowest BCUT2D eigenvalue weighted by Crippen LogP contribution is -2.38. The molecule has 1 amide bonds. The number of carbonyl (C=O) groups excluding carboxylic acids is 1. The first-order chi connectivity index (χ1) is 12.7. The SMILES string of the molecule is N#CC1=C(SCc2ccccc2)NC(=O)[C@H](C#N)[C@H]1c1ccccc1Cl. The number of benzene rings is 2. The van der Waals surface area contributed by atoms with E-state index in [1.807, 2.05) is 36.4 Å². The average Bonchev–Trinajstić information content (AvgIpc) is 2.67. The highest BCUT2D eigenvalue weighted by molar-refractivity contribution is 8.02. The van der Waals surface area contributed by atoms with Gasteiger partial charge in [-0.25, -0.2) is 0 Å². The zero-order valence-corrected chi connectivity index (χ0v) is 15.2. The molecule has 1 heterocycles. The lowest BCUT2D eigenvalue weighted by atomic mass is 9.79. The summed E-state index contributed by atoms with van der Waals surface area (Å²) in [5, 5.41) is 22.9.